The van der Waals surface area contributed by atoms with Gasteiger partial charge in [0.2, 0.25) is 0 Å². The van der Waals surface area contributed by atoms with Crippen molar-refractivity contribution in [3.8, 4) is 0 Å². The number of aromatic nitrogens is 2. The Morgan fingerprint density at radius 2 is 1.95 bits per heavy atom. The zero-order valence-corrected chi connectivity index (χ0v) is 14.6. The summed E-state index contributed by atoms with van der Waals surface area (Å²) in [5.41, 5.74) is 1.51. The van der Waals surface area contributed by atoms with Crippen LogP contribution < -0.4 is 5.32 Å². The molecule has 0 amide bonds. The van der Waals surface area contributed by atoms with Crippen LogP contribution in [0.15, 0.2) is 17.9 Å². The number of nitrogens with one attached hydrogen (secondary N) is 1. The summed E-state index contributed by atoms with van der Waals surface area (Å²) in [4.78, 5) is 0. The van der Waals surface area contributed by atoms with Crippen LogP contribution in [-0.4, -0.2) is 41.7 Å². The fourth-order valence-corrected chi connectivity index (χ4v) is 2.42. The molecule has 1 saturated heterocycles. The second-order valence-corrected chi connectivity index (χ2v) is 6.87. The third-order valence-electron chi connectivity index (χ3n) is 4.39. The maximum absolute atomic E-state index is 6.15. The van der Waals surface area contributed by atoms with E-state index < -0.39 is 0 Å². The second kappa shape index (κ2) is 6.56. The Morgan fingerprint density at radius 1 is 1.32 bits per heavy atom. The molecule has 1 aliphatic rings. The first kappa shape index (κ1) is 17.3. The van der Waals surface area contributed by atoms with Crippen LogP contribution in [0.4, 0.5) is 0 Å². The van der Waals surface area contributed by atoms with Gasteiger partial charge in [-0.2, -0.15) is 5.10 Å². The predicted octanol–water partition coefficient (Wildman–Crippen LogP) is 2.53. The van der Waals surface area contributed by atoms with Crippen LogP contribution in [0.3, 0.4) is 0 Å². The van der Waals surface area contributed by atoms with E-state index in [-0.39, 0.29) is 18.3 Å². The van der Waals surface area contributed by atoms with E-state index in [9.17, 15) is 0 Å². The minimum Gasteiger partial charge on any atom is -0.400 e. The van der Waals surface area contributed by atoms with Crippen molar-refractivity contribution in [2.75, 3.05) is 13.6 Å². The number of hydrogen-bond acceptors (Lipinski definition) is 4. The molecule has 1 aliphatic heterocycles. The molecule has 1 aromatic rings. The molecule has 1 aromatic heterocycles. The topological polar surface area (TPSA) is 48.3 Å². The van der Waals surface area contributed by atoms with Crippen molar-refractivity contribution in [3.05, 3.63) is 23.4 Å². The molecule has 0 radical (unpaired) electrons. The molecule has 0 bridgehead atoms. The Balaban J connectivity index is 2.21. The third kappa shape index (κ3) is 3.62. The lowest BCUT2D eigenvalue weighted by Crippen LogP contribution is -2.41. The first-order chi connectivity index (χ1) is 10.3. The Bertz CT molecular complexity index is 521. The number of hydrogen-bond donors (Lipinski definition) is 1. The molecule has 6 heteroatoms. The molecule has 1 fully saturated rings. The molecule has 122 valence electrons. The summed E-state index contributed by atoms with van der Waals surface area (Å²) in [5, 5.41) is 7.57. The number of likely N-dealkylation sites (N-methyl/N-ethyl adjacent to an activating group) is 1. The number of aryl methyl sites for hydroxylation is 1. The Morgan fingerprint density at radius 3 is 2.50 bits per heavy atom. The van der Waals surface area contributed by atoms with Crippen LogP contribution in [0.25, 0.3) is 6.08 Å². The summed E-state index contributed by atoms with van der Waals surface area (Å²) in [6.07, 6.45) is 7.13. The molecular weight excluding hydrogens is 277 g/mol. The summed E-state index contributed by atoms with van der Waals surface area (Å²) in [7, 11) is 1.60. The van der Waals surface area contributed by atoms with Crippen molar-refractivity contribution in [1.82, 2.24) is 15.1 Å². The normalized spacial score (nSPS) is 20.6. The Labute approximate surface area is 134 Å². The summed E-state index contributed by atoms with van der Waals surface area (Å²) < 4.78 is 14.3. The Kier molecular flexibility index (Phi) is 5.15. The van der Waals surface area contributed by atoms with Crippen molar-refractivity contribution in [1.29, 1.82) is 0 Å². The fraction of sp³-hybridized carbons (Fsp3) is 0.688. The van der Waals surface area contributed by atoms with Gasteiger partial charge in [-0.1, -0.05) is 13.0 Å². The minimum atomic E-state index is -0.327. The van der Waals surface area contributed by atoms with Gasteiger partial charge < -0.3 is 14.6 Å². The second-order valence-electron chi connectivity index (χ2n) is 6.87. The number of nitrogens with zero attached hydrogens (tertiary/aromatic N) is 2. The van der Waals surface area contributed by atoms with Gasteiger partial charge in [0.25, 0.3) is 0 Å². The average molecular weight is 305 g/mol. The average Bonchev–Trinajstić information content (AvgIpc) is 2.92. The van der Waals surface area contributed by atoms with Gasteiger partial charge in [0.05, 0.1) is 17.4 Å². The lowest BCUT2D eigenvalue weighted by atomic mass is 9.77. The van der Waals surface area contributed by atoms with Crippen LogP contribution in [0, 0.1) is 0 Å². The molecule has 2 rings (SSSR count). The van der Waals surface area contributed by atoms with Crippen molar-refractivity contribution < 1.29 is 9.31 Å². The lowest BCUT2D eigenvalue weighted by molar-refractivity contribution is 0.00578. The monoisotopic (exact) mass is 305 g/mol. The van der Waals surface area contributed by atoms with Crippen LogP contribution in [-0.2, 0) is 15.9 Å². The lowest BCUT2D eigenvalue weighted by Gasteiger charge is -2.32. The molecule has 0 aliphatic carbocycles. The SMILES string of the molecule is CCCn1cc(C=C(CNC)B2OC(C)(C)C(C)(C)O2)cn1. The highest BCUT2D eigenvalue weighted by Crippen LogP contribution is 2.38. The highest BCUT2D eigenvalue weighted by molar-refractivity contribution is 6.55. The van der Waals surface area contributed by atoms with Gasteiger partial charge in [-0.3, -0.25) is 4.68 Å². The quantitative estimate of drug-likeness (QED) is 0.821. The van der Waals surface area contributed by atoms with E-state index in [1.54, 1.807) is 0 Å². The summed E-state index contributed by atoms with van der Waals surface area (Å²) in [6, 6.07) is 0. The van der Waals surface area contributed by atoms with Gasteiger partial charge in [-0.15, -0.1) is 0 Å². The summed E-state index contributed by atoms with van der Waals surface area (Å²) in [5.74, 6) is 0. The zero-order valence-electron chi connectivity index (χ0n) is 14.6. The molecule has 0 atom stereocenters. The minimum absolute atomic E-state index is 0.323. The summed E-state index contributed by atoms with van der Waals surface area (Å²) >= 11 is 0. The first-order valence-corrected chi connectivity index (χ1v) is 8.02. The molecule has 0 unspecified atom stereocenters. The van der Waals surface area contributed by atoms with Crippen molar-refractivity contribution in [2.45, 2.75) is 58.8 Å². The molecule has 0 spiro atoms. The molecule has 5 nitrogen and oxygen atoms in total. The van der Waals surface area contributed by atoms with E-state index in [0.717, 1.165) is 30.5 Å². The van der Waals surface area contributed by atoms with Gasteiger partial charge in [0.1, 0.15) is 0 Å². The highest BCUT2D eigenvalue weighted by Gasteiger charge is 2.52. The third-order valence-corrected chi connectivity index (χ3v) is 4.39. The smallest absolute Gasteiger partial charge is 0.400 e. The zero-order chi connectivity index (χ0) is 16.4. The largest absolute Gasteiger partial charge is 0.491 e. The number of rotatable bonds is 6. The summed E-state index contributed by atoms with van der Waals surface area (Å²) in [6.45, 7) is 12.1. The van der Waals surface area contributed by atoms with Gasteiger partial charge in [0.15, 0.2) is 0 Å². The Hall–Kier alpha value is -1.11. The highest BCUT2D eigenvalue weighted by atomic mass is 16.7. The maximum atomic E-state index is 6.15. The van der Waals surface area contributed by atoms with E-state index in [2.05, 4.69) is 57.3 Å². The predicted molar refractivity (Wildman–Crippen MR) is 90.5 cm³/mol. The van der Waals surface area contributed by atoms with Crippen LogP contribution >= 0.6 is 0 Å². The van der Waals surface area contributed by atoms with E-state index in [0.29, 0.717) is 0 Å². The standard InChI is InChI=1S/C16H28BN3O2/c1-7-8-20-12-13(10-19-20)9-14(11-18-6)17-21-15(2,3)16(4,5)22-17/h9-10,12,18H,7-8,11H2,1-6H3. The molecular formula is C16H28BN3O2. The van der Waals surface area contributed by atoms with Crippen LogP contribution in [0.2, 0.25) is 0 Å². The van der Waals surface area contributed by atoms with Crippen LogP contribution in [0.1, 0.15) is 46.6 Å². The van der Waals surface area contributed by atoms with Gasteiger partial charge in [-0.25, -0.2) is 0 Å². The van der Waals surface area contributed by atoms with Gasteiger partial charge in [-0.05, 0) is 46.6 Å². The van der Waals surface area contributed by atoms with Crippen molar-refractivity contribution in [2.24, 2.45) is 0 Å². The van der Waals surface area contributed by atoms with Crippen molar-refractivity contribution in [3.63, 3.8) is 0 Å². The maximum Gasteiger partial charge on any atom is 0.491 e. The van der Waals surface area contributed by atoms with Crippen molar-refractivity contribution >= 4 is 13.2 Å². The van der Waals surface area contributed by atoms with E-state index in [1.165, 1.54) is 0 Å². The van der Waals surface area contributed by atoms with Gasteiger partial charge >= 0.3 is 7.12 Å². The fourth-order valence-electron chi connectivity index (χ4n) is 2.42. The molecule has 1 N–H and O–H groups in total. The molecule has 0 saturated carbocycles. The molecule has 22 heavy (non-hydrogen) atoms. The van der Waals surface area contributed by atoms with E-state index >= 15 is 0 Å². The molecule has 2 heterocycles. The van der Waals surface area contributed by atoms with Crippen LogP contribution in [0.5, 0.6) is 0 Å². The molecule has 0 aromatic carbocycles. The first-order valence-electron chi connectivity index (χ1n) is 8.02. The van der Waals surface area contributed by atoms with Gasteiger partial charge in [0, 0.05) is 24.8 Å². The van der Waals surface area contributed by atoms with E-state index in [4.69, 9.17) is 9.31 Å². The van der Waals surface area contributed by atoms with E-state index in [1.807, 2.05) is 17.9 Å².